The van der Waals surface area contributed by atoms with E-state index in [1.165, 1.54) is 0 Å². The summed E-state index contributed by atoms with van der Waals surface area (Å²) in [6.07, 6.45) is -1.21. The predicted octanol–water partition coefficient (Wildman–Crippen LogP) is 1.30. The van der Waals surface area contributed by atoms with Crippen LogP contribution in [0.1, 0.15) is 19.3 Å². The Morgan fingerprint density at radius 3 is 2.50 bits per heavy atom. The fraction of sp³-hybridized carbons (Fsp3) is 0.889. The largest absolute Gasteiger partial charge is 0.409 e. The molecule has 0 aliphatic heterocycles. The summed E-state index contributed by atoms with van der Waals surface area (Å²) in [5.41, 5.74) is 5.01. The molecule has 1 rings (SSSR count). The molecule has 7 heteroatoms. The monoisotopic (exact) mass is 239 g/mol. The van der Waals surface area contributed by atoms with E-state index in [9.17, 15) is 13.2 Å². The summed E-state index contributed by atoms with van der Waals surface area (Å²) in [6.45, 7) is 0.223. The Morgan fingerprint density at radius 1 is 1.50 bits per heavy atom. The van der Waals surface area contributed by atoms with Crippen LogP contribution in [0.3, 0.4) is 0 Å². The number of hydrogen-bond acceptors (Lipinski definition) is 3. The normalized spacial score (nSPS) is 20.6. The highest BCUT2D eigenvalue weighted by Crippen LogP contribution is 2.27. The number of oxime groups is 1. The van der Waals surface area contributed by atoms with Crippen molar-refractivity contribution in [2.45, 2.75) is 25.4 Å². The molecule has 4 N–H and O–H groups in total. The average Bonchev–Trinajstić information content (AvgIpc) is 2.12. The lowest BCUT2D eigenvalue weighted by Gasteiger charge is -2.27. The van der Waals surface area contributed by atoms with Gasteiger partial charge in [-0.15, -0.1) is 0 Å². The van der Waals surface area contributed by atoms with Crippen molar-refractivity contribution in [3.05, 3.63) is 0 Å². The maximum Gasteiger partial charge on any atom is 0.400 e. The van der Waals surface area contributed by atoms with Gasteiger partial charge in [-0.3, -0.25) is 0 Å². The molecule has 0 amide bonds. The van der Waals surface area contributed by atoms with Gasteiger partial charge in [-0.1, -0.05) is 11.6 Å². The Balaban J connectivity index is 2.37. The van der Waals surface area contributed by atoms with Crippen LogP contribution in [0.4, 0.5) is 13.2 Å². The van der Waals surface area contributed by atoms with Crippen LogP contribution in [0.2, 0.25) is 0 Å². The first-order valence-electron chi connectivity index (χ1n) is 5.20. The summed E-state index contributed by atoms with van der Waals surface area (Å²) in [5, 5.41) is 13.4. The Hall–Kier alpha value is -0.980. The van der Waals surface area contributed by atoms with Crippen molar-refractivity contribution in [2.24, 2.45) is 22.7 Å². The lowest BCUT2D eigenvalue weighted by Crippen LogP contribution is -2.44. The number of nitrogens with zero attached hydrogens (tertiary/aromatic N) is 1. The second kappa shape index (κ2) is 5.38. The molecular formula is C9H16F3N3O. The first-order chi connectivity index (χ1) is 7.45. The van der Waals surface area contributed by atoms with Crippen molar-refractivity contribution in [2.75, 3.05) is 13.1 Å². The Morgan fingerprint density at radius 2 is 2.12 bits per heavy atom. The molecule has 0 saturated heterocycles. The maximum atomic E-state index is 12.5. The highest BCUT2D eigenvalue weighted by molar-refractivity contribution is 5.83. The van der Waals surface area contributed by atoms with E-state index in [-0.39, 0.29) is 6.54 Å². The molecule has 1 unspecified atom stereocenters. The molecule has 0 radical (unpaired) electrons. The molecule has 1 aliphatic carbocycles. The molecule has 1 atom stereocenters. The van der Waals surface area contributed by atoms with Crippen molar-refractivity contribution in [3.8, 4) is 0 Å². The fourth-order valence-electron chi connectivity index (χ4n) is 1.59. The van der Waals surface area contributed by atoms with E-state index in [2.05, 4.69) is 10.5 Å². The summed E-state index contributed by atoms with van der Waals surface area (Å²) < 4.78 is 37.4. The predicted molar refractivity (Wildman–Crippen MR) is 53.2 cm³/mol. The summed E-state index contributed by atoms with van der Waals surface area (Å²) in [5.74, 6) is -2.24. The number of nitrogens with one attached hydrogen (secondary N) is 1. The van der Waals surface area contributed by atoms with E-state index in [1.54, 1.807) is 0 Å². The van der Waals surface area contributed by atoms with Gasteiger partial charge in [0.05, 0.1) is 0 Å². The van der Waals surface area contributed by atoms with Crippen LogP contribution in [0.15, 0.2) is 5.16 Å². The number of alkyl halides is 3. The third kappa shape index (κ3) is 3.55. The maximum absolute atomic E-state index is 12.5. The number of amidine groups is 1. The van der Waals surface area contributed by atoms with Gasteiger partial charge in [-0.05, 0) is 25.3 Å². The second-order valence-electron chi connectivity index (χ2n) is 4.07. The molecule has 1 fully saturated rings. The smallest absolute Gasteiger partial charge is 0.400 e. The van der Waals surface area contributed by atoms with Gasteiger partial charge in [0.2, 0.25) is 0 Å². The zero-order valence-electron chi connectivity index (χ0n) is 8.80. The summed E-state index contributed by atoms with van der Waals surface area (Å²) in [6, 6.07) is 0. The van der Waals surface area contributed by atoms with E-state index < -0.39 is 17.9 Å². The zero-order valence-corrected chi connectivity index (χ0v) is 8.80. The quantitative estimate of drug-likeness (QED) is 0.293. The average molecular weight is 239 g/mol. The second-order valence-corrected chi connectivity index (χ2v) is 4.07. The molecule has 0 bridgehead atoms. The molecule has 94 valence electrons. The lowest BCUT2D eigenvalue weighted by atomic mass is 9.85. The minimum absolute atomic E-state index is 0.337. The number of hydrogen-bond donors (Lipinski definition) is 3. The Kier molecular flexibility index (Phi) is 4.40. The van der Waals surface area contributed by atoms with Crippen LogP contribution in [0.25, 0.3) is 0 Å². The molecule has 0 spiro atoms. The van der Waals surface area contributed by atoms with Gasteiger partial charge in [0.25, 0.3) is 0 Å². The molecule has 0 aromatic rings. The van der Waals surface area contributed by atoms with E-state index in [0.29, 0.717) is 12.5 Å². The molecule has 4 nitrogen and oxygen atoms in total. The van der Waals surface area contributed by atoms with Crippen LogP contribution >= 0.6 is 0 Å². The van der Waals surface area contributed by atoms with Gasteiger partial charge in [-0.25, -0.2) is 0 Å². The molecule has 1 aliphatic rings. The molecule has 0 aromatic carbocycles. The first kappa shape index (κ1) is 13.1. The number of nitrogens with two attached hydrogens (primary N) is 1. The summed E-state index contributed by atoms with van der Waals surface area (Å²) in [4.78, 5) is 0. The van der Waals surface area contributed by atoms with Gasteiger partial charge < -0.3 is 16.3 Å². The number of rotatable bonds is 5. The van der Waals surface area contributed by atoms with Crippen molar-refractivity contribution >= 4 is 5.84 Å². The van der Waals surface area contributed by atoms with Crippen LogP contribution < -0.4 is 11.1 Å². The number of halogens is 3. The Bertz CT molecular complexity index is 251. The zero-order chi connectivity index (χ0) is 12.2. The summed E-state index contributed by atoms with van der Waals surface area (Å²) in [7, 11) is 0. The van der Waals surface area contributed by atoms with Crippen molar-refractivity contribution in [1.82, 2.24) is 5.32 Å². The first-order valence-corrected chi connectivity index (χ1v) is 5.20. The summed E-state index contributed by atoms with van der Waals surface area (Å²) >= 11 is 0. The molecule has 0 aromatic heterocycles. The van der Waals surface area contributed by atoms with Crippen LogP contribution in [-0.2, 0) is 0 Å². The lowest BCUT2D eigenvalue weighted by molar-refractivity contribution is -0.155. The van der Waals surface area contributed by atoms with E-state index in [1.807, 2.05) is 0 Å². The van der Waals surface area contributed by atoms with Crippen LogP contribution in [0, 0.1) is 11.8 Å². The SMILES string of the molecule is NC(=NO)C(CNCC1CCC1)C(F)(F)F. The molecular weight excluding hydrogens is 223 g/mol. The van der Waals surface area contributed by atoms with Crippen molar-refractivity contribution < 1.29 is 18.4 Å². The van der Waals surface area contributed by atoms with E-state index in [4.69, 9.17) is 10.9 Å². The molecule has 0 heterocycles. The molecule has 16 heavy (non-hydrogen) atoms. The van der Waals surface area contributed by atoms with Gasteiger partial charge in [0.1, 0.15) is 5.92 Å². The van der Waals surface area contributed by atoms with Crippen LogP contribution in [0.5, 0.6) is 0 Å². The van der Waals surface area contributed by atoms with E-state index in [0.717, 1.165) is 19.3 Å². The minimum atomic E-state index is -4.48. The highest BCUT2D eigenvalue weighted by atomic mass is 19.4. The molecule has 1 saturated carbocycles. The van der Waals surface area contributed by atoms with Crippen molar-refractivity contribution in [3.63, 3.8) is 0 Å². The third-order valence-corrected chi connectivity index (χ3v) is 2.87. The van der Waals surface area contributed by atoms with E-state index >= 15 is 0 Å². The van der Waals surface area contributed by atoms with Gasteiger partial charge in [-0.2, -0.15) is 13.2 Å². The van der Waals surface area contributed by atoms with Crippen molar-refractivity contribution in [1.29, 1.82) is 0 Å². The van der Waals surface area contributed by atoms with Gasteiger partial charge in [0, 0.05) is 6.54 Å². The highest BCUT2D eigenvalue weighted by Gasteiger charge is 2.42. The third-order valence-electron chi connectivity index (χ3n) is 2.87. The topological polar surface area (TPSA) is 70.6 Å². The van der Waals surface area contributed by atoms with Gasteiger partial charge in [0.15, 0.2) is 5.84 Å². The minimum Gasteiger partial charge on any atom is -0.409 e. The van der Waals surface area contributed by atoms with Gasteiger partial charge >= 0.3 is 6.18 Å². The van der Waals surface area contributed by atoms with Crippen LogP contribution in [-0.4, -0.2) is 30.3 Å². The standard InChI is InChI=1S/C9H16F3N3O/c10-9(11,12)7(8(13)15-16)5-14-4-6-2-1-3-6/h6-7,14,16H,1-5H2,(H2,13,15). The fourth-order valence-corrected chi connectivity index (χ4v) is 1.59. The Labute approximate surface area is 91.7 Å².